The molecule has 1 saturated heterocycles. The van der Waals surface area contributed by atoms with Gasteiger partial charge in [0.15, 0.2) is 5.78 Å². The molecule has 2 aromatic rings. The molecule has 7 nitrogen and oxygen atoms in total. The van der Waals surface area contributed by atoms with Crippen molar-refractivity contribution in [3.05, 3.63) is 45.6 Å². The van der Waals surface area contributed by atoms with Gasteiger partial charge >= 0.3 is 6.09 Å². The Morgan fingerprint density at radius 2 is 2.03 bits per heavy atom. The van der Waals surface area contributed by atoms with Gasteiger partial charge in [0.25, 0.3) is 0 Å². The Morgan fingerprint density at radius 1 is 1.28 bits per heavy atom. The number of ketones is 1. The van der Waals surface area contributed by atoms with Gasteiger partial charge in [-0.05, 0) is 49.9 Å². The minimum atomic E-state index is -0.380. The van der Waals surface area contributed by atoms with Gasteiger partial charge in [0.2, 0.25) is 0 Å². The number of halogens is 1. The molecule has 0 bridgehead atoms. The second-order valence-corrected chi connectivity index (χ2v) is 8.39. The summed E-state index contributed by atoms with van der Waals surface area (Å²) in [6, 6.07) is 11.2. The largest absolute Gasteiger partial charge is 0.444 e. The van der Waals surface area contributed by atoms with Crippen molar-refractivity contribution in [1.82, 2.24) is 10.7 Å². The number of hydrogen-bond acceptors (Lipinski definition) is 7. The average Bonchev–Trinajstić information content (AvgIpc) is 3.33. The molecule has 1 aromatic heterocycles. The van der Waals surface area contributed by atoms with E-state index in [-0.39, 0.29) is 18.0 Å². The van der Waals surface area contributed by atoms with E-state index in [1.807, 2.05) is 43.4 Å². The van der Waals surface area contributed by atoms with Crippen LogP contribution in [-0.4, -0.2) is 51.7 Å². The van der Waals surface area contributed by atoms with Crippen molar-refractivity contribution in [2.24, 2.45) is 0 Å². The highest BCUT2D eigenvalue weighted by Gasteiger charge is 2.32. The van der Waals surface area contributed by atoms with E-state index in [0.29, 0.717) is 28.6 Å². The molecular formula is C20H25ClN4O3S. The van der Waals surface area contributed by atoms with E-state index in [0.717, 1.165) is 24.5 Å². The van der Waals surface area contributed by atoms with Crippen LogP contribution in [0.1, 0.15) is 22.5 Å². The quantitative estimate of drug-likeness (QED) is 0.438. The number of ether oxygens (including phenoxy) is 1. The molecule has 0 saturated carbocycles. The van der Waals surface area contributed by atoms with Gasteiger partial charge in [-0.15, -0.1) is 11.3 Å². The van der Waals surface area contributed by atoms with Gasteiger partial charge in [0.1, 0.15) is 6.10 Å². The molecule has 1 aliphatic rings. The Bertz CT molecular complexity index is 843. The van der Waals surface area contributed by atoms with Gasteiger partial charge in [-0.1, -0.05) is 11.6 Å². The summed E-state index contributed by atoms with van der Waals surface area (Å²) in [6.07, 6.45) is 0.136. The first kappa shape index (κ1) is 21.6. The van der Waals surface area contributed by atoms with Crippen molar-refractivity contribution in [2.75, 3.05) is 43.6 Å². The van der Waals surface area contributed by atoms with Gasteiger partial charge in [-0.3, -0.25) is 9.69 Å². The molecule has 3 rings (SSSR count). The SMILES string of the molecule is CNCCN(NC)c1ccc(N2C[C@H](CCC(=O)c3ccc(Cl)s3)OC2=O)cc1. The number of nitrogens with one attached hydrogen (secondary N) is 2. The van der Waals surface area contributed by atoms with Crippen molar-refractivity contribution < 1.29 is 14.3 Å². The third-order valence-electron chi connectivity index (χ3n) is 4.74. The summed E-state index contributed by atoms with van der Waals surface area (Å²) in [5.74, 6) is 0.0227. The number of cyclic esters (lactones) is 1. The molecule has 1 amide bonds. The summed E-state index contributed by atoms with van der Waals surface area (Å²) in [6.45, 7) is 2.09. The van der Waals surface area contributed by atoms with E-state index >= 15 is 0 Å². The van der Waals surface area contributed by atoms with Gasteiger partial charge in [0.05, 0.1) is 21.4 Å². The molecule has 2 heterocycles. The number of thiophene rings is 1. The molecule has 29 heavy (non-hydrogen) atoms. The van der Waals surface area contributed by atoms with Crippen LogP contribution < -0.4 is 20.7 Å². The monoisotopic (exact) mass is 436 g/mol. The maximum Gasteiger partial charge on any atom is 0.414 e. The fraction of sp³-hybridized carbons (Fsp3) is 0.400. The first-order valence-electron chi connectivity index (χ1n) is 9.48. The summed E-state index contributed by atoms with van der Waals surface area (Å²) in [7, 11) is 3.78. The van der Waals surface area contributed by atoms with Gasteiger partial charge < -0.3 is 15.1 Å². The first-order chi connectivity index (χ1) is 14.0. The fourth-order valence-corrected chi connectivity index (χ4v) is 4.18. The Balaban J connectivity index is 1.56. The number of rotatable bonds is 10. The number of carbonyl (C=O) groups excluding carboxylic acids is 2. The minimum Gasteiger partial charge on any atom is -0.444 e. The smallest absolute Gasteiger partial charge is 0.414 e. The normalized spacial score (nSPS) is 16.2. The van der Waals surface area contributed by atoms with Crippen LogP contribution in [0.15, 0.2) is 36.4 Å². The Kier molecular flexibility index (Phi) is 7.49. The molecule has 0 unspecified atom stereocenters. The molecule has 1 fully saturated rings. The number of hydrazine groups is 1. The number of amides is 1. The lowest BCUT2D eigenvalue weighted by molar-refractivity contribution is 0.0943. The fourth-order valence-electron chi connectivity index (χ4n) is 3.17. The maximum absolute atomic E-state index is 12.3. The maximum atomic E-state index is 12.3. The zero-order chi connectivity index (χ0) is 20.8. The molecule has 0 spiro atoms. The zero-order valence-electron chi connectivity index (χ0n) is 16.5. The van der Waals surface area contributed by atoms with Crippen LogP contribution in [0.25, 0.3) is 0 Å². The third-order valence-corrected chi connectivity index (χ3v) is 6.02. The van der Waals surface area contributed by atoms with Crippen LogP contribution in [0, 0.1) is 0 Å². The number of Topliss-reactive ketones (excluding diaryl/α,β-unsaturated/α-hetero) is 1. The van der Waals surface area contributed by atoms with Crippen LogP contribution >= 0.6 is 22.9 Å². The lowest BCUT2D eigenvalue weighted by atomic mass is 10.1. The number of hydrogen-bond donors (Lipinski definition) is 2. The van der Waals surface area contributed by atoms with Crippen LogP contribution in [0.5, 0.6) is 0 Å². The Morgan fingerprint density at radius 3 is 2.66 bits per heavy atom. The number of likely N-dealkylation sites (N-methyl/N-ethyl adjacent to an activating group) is 1. The Hall–Kier alpha value is -2.13. The Labute approximate surface area is 179 Å². The lowest BCUT2D eigenvalue weighted by Gasteiger charge is -2.24. The summed E-state index contributed by atoms with van der Waals surface area (Å²) in [4.78, 5) is 26.8. The molecule has 1 aromatic carbocycles. The summed E-state index contributed by atoms with van der Waals surface area (Å²) < 4.78 is 6.05. The second-order valence-electron chi connectivity index (χ2n) is 6.68. The summed E-state index contributed by atoms with van der Waals surface area (Å²) in [5.41, 5.74) is 4.94. The summed E-state index contributed by atoms with van der Waals surface area (Å²) in [5, 5.41) is 5.14. The highest BCUT2D eigenvalue weighted by molar-refractivity contribution is 7.18. The van der Waals surface area contributed by atoms with Crippen LogP contribution in [0.4, 0.5) is 16.2 Å². The van der Waals surface area contributed by atoms with Gasteiger partial charge in [-0.2, -0.15) is 0 Å². The van der Waals surface area contributed by atoms with Crippen LogP contribution in [0.2, 0.25) is 4.34 Å². The molecular weight excluding hydrogens is 412 g/mol. The number of anilines is 2. The predicted molar refractivity (Wildman–Crippen MR) is 117 cm³/mol. The van der Waals surface area contributed by atoms with E-state index in [1.165, 1.54) is 11.3 Å². The van der Waals surface area contributed by atoms with E-state index in [1.54, 1.807) is 17.0 Å². The van der Waals surface area contributed by atoms with E-state index in [9.17, 15) is 9.59 Å². The lowest BCUT2D eigenvalue weighted by Crippen LogP contribution is -2.39. The van der Waals surface area contributed by atoms with Crippen molar-refractivity contribution in [3.63, 3.8) is 0 Å². The number of nitrogens with zero attached hydrogens (tertiary/aromatic N) is 2. The van der Waals surface area contributed by atoms with Crippen molar-refractivity contribution in [3.8, 4) is 0 Å². The second kappa shape index (κ2) is 10.1. The topological polar surface area (TPSA) is 73.9 Å². The highest BCUT2D eigenvalue weighted by atomic mass is 35.5. The minimum absolute atomic E-state index is 0.0227. The molecule has 0 aliphatic carbocycles. The number of carbonyl (C=O) groups is 2. The van der Waals surface area contributed by atoms with Crippen molar-refractivity contribution >= 4 is 46.2 Å². The van der Waals surface area contributed by atoms with Crippen LogP contribution in [-0.2, 0) is 4.74 Å². The molecule has 156 valence electrons. The predicted octanol–water partition coefficient (Wildman–Crippen LogP) is 3.55. The standard InChI is InChI=1S/C20H25ClN4O3S/c1-22-11-12-25(23-2)15-5-3-14(4-6-15)24-13-16(28-20(24)27)7-8-17(26)18-9-10-19(21)29-18/h3-6,9-10,16,22-23H,7-8,11-13H2,1-2H3/t16-/m0/s1. The van der Waals surface area contributed by atoms with Gasteiger partial charge in [-0.25, -0.2) is 10.2 Å². The summed E-state index contributed by atoms with van der Waals surface area (Å²) >= 11 is 7.15. The van der Waals surface area contributed by atoms with E-state index in [2.05, 4.69) is 10.7 Å². The first-order valence-corrected chi connectivity index (χ1v) is 10.7. The van der Waals surface area contributed by atoms with E-state index < -0.39 is 0 Å². The zero-order valence-corrected chi connectivity index (χ0v) is 18.1. The molecule has 9 heteroatoms. The molecule has 1 atom stereocenters. The van der Waals surface area contributed by atoms with E-state index in [4.69, 9.17) is 16.3 Å². The molecule has 0 radical (unpaired) electrons. The highest BCUT2D eigenvalue weighted by Crippen LogP contribution is 2.27. The third kappa shape index (κ3) is 5.48. The molecule has 1 aliphatic heterocycles. The van der Waals surface area contributed by atoms with Crippen molar-refractivity contribution in [1.29, 1.82) is 0 Å². The van der Waals surface area contributed by atoms with Crippen LogP contribution in [0.3, 0.4) is 0 Å². The van der Waals surface area contributed by atoms with Gasteiger partial charge in [0, 0.05) is 32.2 Å². The molecule has 2 N–H and O–H groups in total. The van der Waals surface area contributed by atoms with Crippen molar-refractivity contribution in [2.45, 2.75) is 18.9 Å². The number of benzene rings is 1. The average molecular weight is 437 g/mol.